The van der Waals surface area contributed by atoms with Crippen LogP contribution >= 0.6 is 11.6 Å². The fraction of sp³-hybridized carbons (Fsp3) is 0.111. The van der Waals surface area contributed by atoms with E-state index >= 15 is 0 Å². The van der Waals surface area contributed by atoms with E-state index in [-0.39, 0.29) is 0 Å². The first-order valence-electron chi connectivity index (χ1n) is 4.21. The number of nitrogens with one attached hydrogen (secondary N) is 1. The molecule has 0 aliphatic rings. The number of H-pyrrole nitrogens is 1. The van der Waals surface area contributed by atoms with Crippen LogP contribution < -0.4 is 10.5 Å². The maximum Gasteiger partial charge on any atom is 0.224 e. The van der Waals surface area contributed by atoms with Crippen LogP contribution in [0.4, 0.5) is 5.95 Å². The Balaban J connectivity index is 2.60. The Kier molecular flexibility index (Phi) is 2.47. The highest BCUT2D eigenvalue weighted by atomic mass is 35.5. The fourth-order valence-corrected chi connectivity index (χ4v) is 1.52. The normalized spacial score (nSPS) is 10.3. The van der Waals surface area contributed by atoms with Gasteiger partial charge in [0.15, 0.2) is 5.95 Å². The summed E-state index contributed by atoms with van der Waals surface area (Å²) in [5.41, 5.74) is 6.83. The molecule has 6 heteroatoms. The van der Waals surface area contributed by atoms with E-state index in [0.717, 1.165) is 0 Å². The average Bonchev–Trinajstić information content (AvgIpc) is 2.64. The van der Waals surface area contributed by atoms with Gasteiger partial charge in [0.2, 0.25) is 5.88 Å². The second-order valence-electron chi connectivity index (χ2n) is 2.86. The summed E-state index contributed by atoms with van der Waals surface area (Å²) in [7, 11) is 1.53. The number of nitrogens with two attached hydrogens (primary N) is 1. The van der Waals surface area contributed by atoms with Gasteiger partial charge in [-0.25, -0.2) is 9.97 Å². The van der Waals surface area contributed by atoms with E-state index in [9.17, 15) is 0 Å². The lowest BCUT2D eigenvalue weighted by Crippen LogP contribution is -1.92. The minimum atomic E-state index is 0.326. The van der Waals surface area contributed by atoms with Gasteiger partial charge in [-0.3, -0.25) is 0 Å². The van der Waals surface area contributed by atoms with E-state index < -0.39 is 0 Å². The van der Waals surface area contributed by atoms with E-state index in [4.69, 9.17) is 22.1 Å². The van der Waals surface area contributed by atoms with Gasteiger partial charge in [-0.05, 0) is 6.07 Å². The molecule has 2 rings (SSSR count). The zero-order chi connectivity index (χ0) is 10.8. The molecule has 2 aromatic heterocycles. The lowest BCUT2D eigenvalue weighted by Gasteiger charge is -2.06. The van der Waals surface area contributed by atoms with Crippen LogP contribution in [-0.2, 0) is 0 Å². The number of halogens is 1. The van der Waals surface area contributed by atoms with Crippen molar-refractivity contribution in [2.45, 2.75) is 0 Å². The van der Waals surface area contributed by atoms with E-state index in [1.807, 2.05) is 0 Å². The summed E-state index contributed by atoms with van der Waals surface area (Å²) in [4.78, 5) is 10.8. The van der Waals surface area contributed by atoms with Gasteiger partial charge in [0.05, 0.1) is 29.6 Å². The van der Waals surface area contributed by atoms with Crippen LogP contribution in [0.1, 0.15) is 0 Å². The van der Waals surface area contributed by atoms with Gasteiger partial charge in [0.25, 0.3) is 0 Å². The topological polar surface area (TPSA) is 76.8 Å². The largest absolute Gasteiger partial charge is 0.480 e. The number of methoxy groups -OCH3 is 1. The first kappa shape index (κ1) is 9.79. The third-order valence-electron chi connectivity index (χ3n) is 1.92. The molecule has 0 saturated heterocycles. The Morgan fingerprint density at radius 2 is 2.27 bits per heavy atom. The molecule has 0 aliphatic heterocycles. The number of ether oxygens (including phenoxy) is 1. The molecule has 0 bridgehead atoms. The zero-order valence-electron chi connectivity index (χ0n) is 7.99. The molecule has 2 heterocycles. The zero-order valence-corrected chi connectivity index (χ0v) is 8.75. The molecule has 0 aliphatic carbocycles. The third kappa shape index (κ3) is 1.73. The molecule has 3 N–H and O–H groups in total. The second-order valence-corrected chi connectivity index (χ2v) is 3.27. The van der Waals surface area contributed by atoms with Crippen LogP contribution in [-0.4, -0.2) is 22.1 Å². The van der Waals surface area contributed by atoms with Crippen molar-refractivity contribution < 1.29 is 4.74 Å². The van der Waals surface area contributed by atoms with Crippen LogP contribution in [0.3, 0.4) is 0 Å². The minimum Gasteiger partial charge on any atom is -0.480 e. The number of anilines is 1. The predicted molar refractivity (Wildman–Crippen MR) is 57.8 cm³/mol. The molecule has 2 aromatic rings. The minimum absolute atomic E-state index is 0.326. The van der Waals surface area contributed by atoms with Crippen LogP contribution in [0.25, 0.3) is 11.3 Å². The summed E-state index contributed by atoms with van der Waals surface area (Å²) < 4.78 is 5.11. The number of nitrogens with zero attached hydrogens (tertiary/aromatic N) is 2. The summed E-state index contributed by atoms with van der Waals surface area (Å²) in [5.74, 6) is 0.762. The molecule has 0 aromatic carbocycles. The monoisotopic (exact) mass is 224 g/mol. The molecule has 0 fully saturated rings. The summed E-state index contributed by atoms with van der Waals surface area (Å²) in [5, 5.41) is 0.533. The molecule has 0 radical (unpaired) electrons. The highest BCUT2D eigenvalue weighted by molar-refractivity contribution is 6.33. The summed E-state index contributed by atoms with van der Waals surface area (Å²) in [6.07, 6.45) is 3.16. The highest BCUT2D eigenvalue weighted by Crippen LogP contribution is 2.33. The predicted octanol–water partition coefficient (Wildman–Crippen LogP) is 1.72. The van der Waals surface area contributed by atoms with Crippen molar-refractivity contribution in [1.29, 1.82) is 0 Å². The number of imidazole rings is 1. The average molecular weight is 225 g/mol. The smallest absolute Gasteiger partial charge is 0.224 e. The van der Waals surface area contributed by atoms with E-state index in [0.29, 0.717) is 28.1 Å². The third-order valence-corrected chi connectivity index (χ3v) is 2.24. The van der Waals surface area contributed by atoms with Crippen LogP contribution in [0, 0.1) is 0 Å². The van der Waals surface area contributed by atoms with Crippen molar-refractivity contribution in [2.75, 3.05) is 12.8 Å². The second kappa shape index (κ2) is 3.78. The number of hydrogen-bond donors (Lipinski definition) is 2. The Morgan fingerprint density at radius 3 is 2.87 bits per heavy atom. The van der Waals surface area contributed by atoms with Gasteiger partial charge in [0, 0.05) is 6.20 Å². The van der Waals surface area contributed by atoms with Gasteiger partial charge in [-0.1, -0.05) is 11.6 Å². The first-order chi connectivity index (χ1) is 7.22. The molecule has 0 spiro atoms. The molecule has 0 saturated carbocycles. The summed E-state index contributed by atoms with van der Waals surface area (Å²) in [6, 6.07) is 1.68. The van der Waals surface area contributed by atoms with Crippen LogP contribution in [0.2, 0.25) is 5.02 Å². The molecule has 78 valence electrons. The SMILES string of the molecule is COc1nccc(Cl)c1-c1cnc(N)[nH]1. The fourth-order valence-electron chi connectivity index (χ4n) is 1.28. The number of nitrogen functional groups attached to an aromatic ring is 1. The molecule has 0 atom stereocenters. The van der Waals surface area contributed by atoms with Gasteiger partial charge in [0.1, 0.15) is 0 Å². The molecule has 0 amide bonds. The number of hydrogen-bond acceptors (Lipinski definition) is 4. The Bertz CT molecular complexity index is 483. The van der Waals surface area contributed by atoms with Crippen LogP contribution in [0.5, 0.6) is 5.88 Å². The molecule has 0 unspecified atom stereocenters. The lowest BCUT2D eigenvalue weighted by atomic mass is 10.2. The molecular formula is C9H9ClN4O. The van der Waals surface area contributed by atoms with Crippen molar-refractivity contribution in [2.24, 2.45) is 0 Å². The van der Waals surface area contributed by atoms with Gasteiger partial charge in [-0.15, -0.1) is 0 Å². The van der Waals surface area contributed by atoms with Crippen molar-refractivity contribution in [1.82, 2.24) is 15.0 Å². The Labute approximate surface area is 91.3 Å². The summed E-state index contributed by atoms with van der Waals surface area (Å²) in [6.45, 7) is 0. The number of rotatable bonds is 2. The standard InChI is InChI=1S/C9H9ClN4O/c1-15-8-7(5(10)2-3-12-8)6-4-13-9(11)14-6/h2-4H,1H3,(H3,11,13,14). The van der Waals surface area contributed by atoms with E-state index in [1.165, 1.54) is 7.11 Å². The van der Waals surface area contributed by atoms with Gasteiger partial charge >= 0.3 is 0 Å². The van der Waals surface area contributed by atoms with E-state index in [2.05, 4.69) is 15.0 Å². The lowest BCUT2D eigenvalue weighted by molar-refractivity contribution is 0.399. The maximum atomic E-state index is 6.04. The number of aromatic nitrogens is 3. The van der Waals surface area contributed by atoms with Crippen LogP contribution in [0.15, 0.2) is 18.5 Å². The first-order valence-corrected chi connectivity index (χ1v) is 4.59. The number of aromatic amines is 1. The van der Waals surface area contributed by atoms with Gasteiger partial charge in [-0.2, -0.15) is 0 Å². The molecule has 5 nitrogen and oxygen atoms in total. The quantitative estimate of drug-likeness (QED) is 0.814. The van der Waals surface area contributed by atoms with Gasteiger partial charge < -0.3 is 15.5 Å². The van der Waals surface area contributed by atoms with Crippen molar-refractivity contribution >= 4 is 17.5 Å². The van der Waals surface area contributed by atoms with E-state index in [1.54, 1.807) is 18.5 Å². The molecular weight excluding hydrogens is 216 g/mol. The maximum absolute atomic E-state index is 6.04. The Hall–Kier alpha value is -1.75. The highest BCUT2D eigenvalue weighted by Gasteiger charge is 2.13. The summed E-state index contributed by atoms with van der Waals surface area (Å²) >= 11 is 6.04. The Morgan fingerprint density at radius 1 is 1.47 bits per heavy atom. The molecule has 15 heavy (non-hydrogen) atoms. The van der Waals surface area contributed by atoms with Crippen molar-refractivity contribution in [3.05, 3.63) is 23.5 Å². The van der Waals surface area contributed by atoms with Crippen molar-refractivity contribution in [3.63, 3.8) is 0 Å². The number of pyridine rings is 1. The van der Waals surface area contributed by atoms with Crippen molar-refractivity contribution in [3.8, 4) is 17.1 Å².